The molecule has 0 spiro atoms. The zero-order chi connectivity index (χ0) is 12.7. The van der Waals surface area contributed by atoms with Crippen molar-refractivity contribution in [2.45, 2.75) is 31.6 Å². The van der Waals surface area contributed by atoms with Crippen molar-refractivity contribution in [2.24, 2.45) is 0 Å². The molecule has 1 rings (SSSR count). The molecule has 0 aliphatic carbocycles. The molecule has 17 heavy (non-hydrogen) atoms. The lowest BCUT2D eigenvalue weighted by molar-refractivity contribution is -0.129. The minimum atomic E-state index is 0.124. The standard InChI is InChI=1S/C14H20ClNO/c1-12(15)10-11-16(2)14(17)9-8-13-6-4-3-5-7-13/h3-7,12H,8-11H2,1-2H3. The Bertz CT molecular complexity index is 337. The second-order valence-electron chi connectivity index (χ2n) is 4.37. The van der Waals surface area contributed by atoms with E-state index in [1.807, 2.05) is 44.3 Å². The first kappa shape index (κ1) is 14.0. The zero-order valence-electron chi connectivity index (χ0n) is 10.5. The molecule has 0 heterocycles. The number of alkyl halides is 1. The van der Waals surface area contributed by atoms with Crippen LogP contribution in [0.1, 0.15) is 25.3 Å². The van der Waals surface area contributed by atoms with E-state index in [1.54, 1.807) is 4.90 Å². The summed E-state index contributed by atoms with van der Waals surface area (Å²) in [5, 5.41) is 0.124. The lowest BCUT2D eigenvalue weighted by Gasteiger charge is -2.17. The Morgan fingerprint density at radius 3 is 2.59 bits per heavy atom. The minimum absolute atomic E-state index is 0.124. The third kappa shape index (κ3) is 5.73. The van der Waals surface area contributed by atoms with Gasteiger partial charge in [0.2, 0.25) is 5.91 Å². The Balaban J connectivity index is 2.29. The highest BCUT2D eigenvalue weighted by atomic mass is 35.5. The maximum atomic E-state index is 11.8. The number of benzene rings is 1. The lowest BCUT2D eigenvalue weighted by Crippen LogP contribution is -2.28. The molecule has 0 fully saturated rings. The van der Waals surface area contributed by atoms with Crippen LogP contribution in [-0.2, 0) is 11.2 Å². The van der Waals surface area contributed by atoms with Crippen molar-refractivity contribution in [1.29, 1.82) is 0 Å². The number of halogens is 1. The highest BCUT2D eigenvalue weighted by Gasteiger charge is 2.09. The number of rotatable bonds is 6. The Morgan fingerprint density at radius 1 is 1.35 bits per heavy atom. The van der Waals surface area contributed by atoms with E-state index in [0.717, 1.165) is 19.4 Å². The van der Waals surface area contributed by atoms with Crippen molar-refractivity contribution >= 4 is 17.5 Å². The van der Waals surface area contributed by atoms with Crippen LogP contribution in [0.3, 0.4) is 0 Å². The van der Waals surface area contributed by atoms with E-state index in [1.165, 1.54) is 5.56 Å². The summed E-state index contributed by atoms with van der Waals surface area (Å²) in [4.78, 5) is 13.6. The lowest BCUT2D eigenvalue weighted by atomic mass is 10.1. The van der Waals surface area contributed by atoms with Gasteiger partial charge in [0.1, 0.15) is 0 Å². The molecule has 0 saturated carbocycles. The molecule has 1 aromatic rings. The molecule has 0 bridgehead atoms. The summed E-state index contributed by atoms with van der Waals surface area (Å²) in [6.07, 6.45) is 2.22. The third-order valence-corrected chi connectivity index (χ3v) is 2.98. The summed E-state index contributed by atoms with van der Waals surface area (Å²) in [6.45, 7) is 2.68. The molecular weight excluding hydrogens is 234 g/mol. The van der Waals surface area contributed by atoms with Crippen molar-refractivity contribution in [2.75, 3.05) is 13.6 Å². The predicted octanol–water partition coefficient (Wildman–Crippen LogP) is 3.10. The predicted molar refractivity (Wildman–Crippen MR) is 72.3 cm³/mol. The highest BCUT2D eigenvalue weighted by molar-refractivity contribution is 6.20. The molecule has 0 aliphatic heterocycles. The third-order valence-electron chi connectivity index (χ3n) is 2.76. The molecule has 1 unspecified atom stereocenters. The molecule has 0 N–H and O–H groups in total. The minimum Gasteiger partial charge on any atom is -0.346 e. The van der Waals surface area contributed by atoms with Crippen molar-refractivity contribution in [3.63, 3.8) is 0 Å². The van der Waals surface area contributed by atoms with Crippen molar-refractivity contribution in [3.05, 3.63) is 35.9 Å². The van der Waals surface area contributed by atoms with E-state index < -0.39 is 0 Å². The fraction of sp³-hybridized carbons (Fsp3) is 0.500. The van der Waals surface area contributed by atoms with Crippen LogP contribution in [0.25, 0.3) is 0 Å². The van der Waals surface area contributed by atoms with Crippen LogP contribution < -0.4 is 0 Å². The normalized spacial score (nSPS) is 12.2. The van der Waals surface area contributed by atoms with Gasteiger partial charge < -0.3 is 4.90 Å². The maximum Gasteiger partial charge on any atom is 0.222 e. The van der Waals surface area contributed by atoms with Crippen molar-refractivity contribution in [3.8, 4) is 0 Å². The summed E-state index contributed by atoms with van der Waals surface area (Å²) >= 11 is 5.86. The van der Waals surface area contributed by atoms with E-state index in [-0.39, 0.29) is 11.3 Å². The molecule has 0 saturated heterocycles. The SMILES string of the molecule is CC(Cl)CCN(C)C(=O)CCc1ccccc1. The molecule has 94 valence electrons. The fourth-order valence-corrected chi connectivity index (χ4v) is 1.68. The van der Waals surface area contributed by atoms with Gasteiger partial charge in [0.15, 0.2) is 0 Å². The summed E-state index contributed by atoms with van der Waals surface area (Å²) in [5.74, 6) is 0.186. The Hall–Kier alpha value is -1.02. The summed E-state index contributed by atoms with van der Waals surface area (Å²) in [7, 11) is 1.84. The van der Waals surface area contributed by atoms with E-state index in [4.69, 9.17) is 11.6 Å². The van der Waals surface area contributed by atoms with Crippen LogP contribution in [0.5, 0.6) is 0 Å². The van der Waals surface area contributed by atoms with Crippen molar-refractivity contribution < 1.29 is 4.79 Å². The van der Waals surface area contributed by atoms with Gasteiger partial charge in [-0.3, -0.25) is 4.79 Å². The number of hydrogen-bond acceptors (Lipinski definition) is 1. The first-order chi connectivity index (χ1) is 8.09. The quantitative estimate of drug-likeness (QED) is 0.714. The second-order valence-corrected chi connectivity index (χ2v) is 5.12. The van der Waals surface area contributed by atoms with Gasteiger partial charge in [0.25, 0.3) is 0 Å². The number of carbonyl (C=O) groups is 1. The van der Waals surface area contributed by atoms with Crippen LogP contribution in [0.2, 0.25) is 0 Å². The van der Waals surface area contributed by atoms with E-state index >= 15 is 0 Å². The molecule has 0 radical (unpaired) electrons. The van der Waals surface area contributed by atoms with Gasteiger partial charge in [0, 0.05) is 25.4 Å². The Labute approximate surface area is 109 Å². The molecule has 1 aromatic carbocycles. The van der Waals surface area contributed by atoms with Gasteiger partial charge in [0.05, 0.1) is 0 Å². The molecule has 0 aliphatic rings. The Morgan fingerprint density at radius 2 is 2.00 bits per heavy atom. The van der Waals surface area contributed by atoms with Gasteiger partial charge in [-0.2, -0.15) is 0 Å². The zero-order valence-corrected chi connectivity index (χ0v) is 11.3. The summed E-state index contributed by atoms with van der Waals surface area (Å²) in [6, 6.07) is 10.1. The number of aryl methyl sites for hydroxylation is 1. The van der Waals surface area contributed by atoms with E-state index in [2.05, 4.69) is 0 Å². The van der Waals surface area contributed by atoms with Gasteiger partial charge >= 0.3 is 0 Å². The fourth-order valence-electron chi connectivity index (χ4n) is 1.58. The first-order valence-electron chi connectivity index (χ1n) is 6.01. The average Bonchev–Trinajstić information content (AvgIpc) is 2.34. The largest absolute Gasteiger partial charge is 0.346 e. The topological polar surface area (TPSA) is 20.3 Å². The van der Waals surface area contributed by atoms with Crippen LogP contribution >= 0.6 is 11.6 Å². The molecule has 3 heteroatoms. The Kier molecular flexibility index (Phi) is 6.06. The number of hydrogen-bond donors (Lipinski definition) is 0. The number of amides is 1. The molecule has 2 nitrogen and oxygen atoms in total. The van der Waals surface area contributed by atoms with E-state index in [0.29, 0.717) is 6.42 Å². The van der Waals surface area contributed by atoms with Gasteiger partial charge in [-0.25, -0.2) is 0 Å². The smallest absolute Gasteiger partial charge is 0.222 e. The van der Waals surface area contributed by atoms with E-state index in [9.17, 15) is 4.79 Å². The molecule has 1 atom stereocenters. The summed E-state index contributed by atoms with van der Waals surface area (Å²) < 4.78 is 0. The first-order valence-corrected chi connectivity index (χ1v) is 6.45. The van der Waals surface area contributed by atoms with Crippen LogP contribution in [0.15, 0.2) is 30.3 Å². The molecule has 1 amide bonds. The van der Waals surface area contributed by atoms with Crippen LogP contribution in [-0.4, -0.2) is 29.8 Å². The van der Waals surface area contributed by atoms with Gasteiger partial charge in [-0.1, -0.05) is 30.3 Å². The second kappa shape index (κ2) is 7.33. The van der Waals surface area contributed by atoms with Crippen LogP contribution in [0, 0.1) is 0 Å². The maximum absolute atomic E-state index is 11.8. The molecule has 0 aromatic heterocycles. The van der Waals surface area contributed by atoms with Crippen LogP contribution in [0.4, 0.5) is 0 Å². The number of nitrogens with zero attached hydrogens (tertiary/aromatic N) is 1. The number of carbonyl (C=O) groups excluding carboxylic acids is 1. The highest BCUT2D eigenvalue weighted by Crippen LogP contribution is 2.06. The summed E-state index contributed by atoms with van der Waals surface area (Å²) in [5.41, 5.74) is 1.21. The van der Waals surface area contributed by atoms with Gasteiger partial charge in [-0.15, -0.1) is 11.6 Å². The van der Waals surface area contributed by atoms with Crippen molar-refractivity contribution in [1.82, 2.24) is 4.90 Å². The average molecular weight is 254 g/mol. The monoisotopic (exact) mass is 253 g/mol. The van der Waals surface area contributed by atoms with Gasteiger partial charge in [-0.05, 0) is 25.3 Å². The molecular formula is C14H20ClNO.